The van der Waals surface area contributed by atoms with Gasteiger partial charge in [0.1, 0.15) is 0 Å². The van der Waals surface area contributed by atoms with Crippen LogP contribution in [0.25, 0.3) is 0 Å². The van der Waals surface area contributed by atoms with E-state index in [-0.39, 0.29) is 11.9 Å². The molecule has 1 saturated heterocycles. The standard InChI is InChI=1S/C13H26N2O2/c1-11-5-3-8-15(9-7-11)13(16)12(14)6-4-10-17-2/h11-12H,3-10,14H2,1-2H3. The van der Waals surface area contributed by atoms with Gasteiger partial charge >= 0.3 is 0 Å². The lowest BCUT2D eigenvalue weighted by Gasteiger charge is -2.24. The summed E-state index contributed by atoms with van der Waals surface area (Å²) in [4.78, 5) is 14.1. The molecule has 0 aromatic rings. The first kappa shape index (κ1) is 14.5. The van der Waals surface area contributed by atoms with Crippen LogP contribution in [0.15, 0.2) is 0 Å². The van der Waals surface area contributed by atoms with Gasteiger partial charge in [-0.3, -0.25) is 4.79 Å². The molecule has 1 amide bonds. The Labute approximate surface area is 104 Å². The van der Waals surface area contributed by atoms with Gasteiger partial charge in [0.2, 0.25) is 5.91 Å². The van der Waals surface area contributed by atoms with Crippen LogP contribution < -0.4 is 5.73 Å². The van der Waals surface area contributed by atoms with Crippen molar-refractivity contribution in [2.75, 3.05) is 26.8 Å². The van der Waals surface area contributed by atoms with Gasteiger partial charge in [-0.15, -0.1) is 0 Å². The highest BCUT2D eigenvalue weighted by Gasteiger charge is 2.22. The number of rotatable bonds is 5. The van der Waals surface area contributed by atoms with Crippen molar-refractivity contribution in [3.63, 3.8) is 0 Å². The fourth-order valence-electron chi connectivity index (χ4n) is 2.29. The summed E-state index contributed by atoms with van der Waals surface area (Å²) in [6.45, 7) is 4.68. The van der Waals surface area contributed by atoms with Crippen molar-refractivity contribution in [1.29, 1.82) is 0 Å². The summed E-state index contributed by atoms with van der Waals surface area (Å²) >= 11 is 0. The number of carbonyl (C=O) groups is 1. The van der Waals surface area contributed by atoms with Gasteiger partial charge in [-0.2, -0.15) is 0 Å². The summed E-state index contributed by atoms with van der Waals surface area (Å²) in [6.07, 6.45) is 5.02. The minimum atomic E-state index is -0.349. The molecule has 1 rings (SSSR count). The molecule has 0 spiro atoms. The van der Waals surface area contributed by atoms with Crippen LogP contribution in [0, 0.1) is 5.92 Å². The molecule has 0 radical (unpaired) electrons. The number of hydrogen-bond acceptors (Lipinski definition) is 3. The van der Waals surface area contributed by atoms with Gasteiger partial charge in [-0.25, -0.2) is 0 Å². The van der Waals surface area contributed by atoms with Gasteiger partial charge in [-0.1, -0.05) is 6.92 Å². The number of hydrogen-bond donors (Lipinski definition) is 1. The molecule has 2 atom stereocenters. The number of ether oxygens (including phenoxy) is 1. The normalized spacial score (nSPS) is 23.2. The zero-order valence-electron chi connectivity index (χ0n) is 11.2. The van der Waals surface area contributed by atoms with Crippen LogP contribution >= 0.6 is 0 Å². The van der Waals surface area contributed by atoms with Crippen LogP contribution in [-0.4, -0.2) is 43.7 Å². The lowest BCUT2D eigenvalue weighted by molar-refractivity contribution is -0.132. The van der Waals surface area contributed by atoms with E-state index in [9.17, 15) is 4.79 Å². The predicted octanol–water partition coefficient (Wildman–Crippen LogP) is 1.39. The Balaban J connectivity index is 2.34. The monoisotopic (exact) mass is 242 g/mol. The SMILES string of the molecule is COCCCC(N)C(=O)N1CCCC(C)CC1. The van der Waals surface area contributed by atoms with Gasteiger partial charge in [0.05, 0.1) is 6.04 Å². The molecule has 100 valence electrons. The maximum absolute atomic E-state index is 12.1. The molecule has 0 aliphatic carbocycles. The van der Waals surface area contributed by atoms with E-state index in [1.54, 1.807) is 7.11 Å². The third-order valence-corrected chi connectivity index (χ3v) is 3.51. The third kappa shape index (κ3) is 5.04. The number of carbonyl (C=O) groups excluding carboxylic acids is 1. The van der Waals surface area contributed by atoms with Crippen molar-refractivity contribution in [3.05, 3.63) is 0 Å². The van der Waals surface area contributed by atoms with Crippen molar-refractivity contribution < 1.29 is 9.53 Å². The van der Waals surface area contributed by atoms with E-state index in [0.29, 0.717) is 6.61 Å². The molecule has 2 N–H and O–H groups in total. The van der Waals surface area contributed by atoms with E-state index in [1.807, 2.05) is 4.90 Å². The van der Waals surface area contributed by atoms with Crippen LogP contribution in [0.4, 0.5) is 0 Å². The molecule has 17 heavy (non-hydrogen) atoms. The van der Waals surface area contributed by atoms with Gasteiger partial charge in [-0.05, 0) is 38.0 Å². The number of nitrogens with two attached hydrogens (primary N) is 1. The first-order valence-corrected chi connectivity index (χ1v) is 6.68. The van der Waals surface area contributed by atoms with Crippen LogP contribution in [0.3, 0.4) is 0 Å². The molecule has 0 aromatic carbocycles. The molecular weight excluding hydrogens is 216 g/mol. The van der Waals surface area contributed by atoms with Crippen molar-refractivity contribution in [2.24, 2.45) is 11.7 Å². The summed E-state index contributed by atoms with van der Waals surface area (Å²) in [5, 5.41) is 0. The highest BCUT2D eigenvalue weighted by molar-refractivity contribution is 5.81. The fraction of sp³-hybridized carbons (Fsp3) is 0.923. The number of nitrogens with zero attached hydrogens (tertiary/aromatic N) is 1. The molecule has 4 nitrogen and oxygen atoms in total. The molecule has 1 aliphatic heterocycles. The quantitative estimate of drug-likeness (QED) is 0.741. The Bertz CT molecular complexity index is 233. The van der Waals surface area contributed by atoms with Crippen LogP contribution in [0.2, 0.25) is 0 Å². The van der Waals surface area contributed by atoms with E-state index < -0.39 is 0 Å². The minimum Gasteiger partial charge on any atom is -0.385 e. The average molecular weight is 242 g/mol. The van der Waals surface area contributed by atoms with Gasteiger partial charge < -0.3 is 15.4 Å². The summed E-state index contributed by atoms with van der Waals surface area (Å²) in [6, 6.07) is -0.349. The summed E-state index contributed by atoms with van der Waals surface area (Å²) < 4.78 is 4.97. The fourth-order valence-corrected chi connectivity index (χ4v) is 2.29. The second-order valence-electron chi connectivity index (χ2n) is 5.10. The zero-order chi connectivity index (χ0) is 12.7. The molecule has 4 heteroatoms. The predicted molar refractivity (Wildman–Crippen MR) is 68.7 cm³/mol. The number of amides is 1. The second-order valence-corrected chi connectivity index (χ2v) is 5.10. The molecule has 1 heterocycles. The zero-order valence-corrected chi connectivity index (χ0v) is 11.2. The minimum absolute atomic E-state index is 0.121. The molecule has 1 fully saturated rings. The average Bonchev–Trinajstić information content (AvgIpc) is 2.53. The molecule has 0 aromatic heterocycles. The first-order chi connectivity index (χ1) is 8.15. The Morgan fingerprint density at radius 1 is 1.47 bits per heavy atom. The molecular formula is C13H26N2O2. The van der Waals surface area contributed by atoms with Gasteiger partial charge in [0.15, 0.2) is 0 Å². The van der Waals surface area contributed by atoms with Crippen molar-refractivity contribution in [3.8, 4) is 0 Å². The smallest absolute Gasteiger partial charge is 0.239 e. The molecule has 0 bridgehead atoms. The highest BCUT2D eigenvalue weighted by atomic mass is 16.5. The maximum Gasteiger partial charge on any atom is 0.239 e. The van der Waals surface area contributed by atoms with E-state index in [2.05, 4.69) is 6.92 Å². The lowest BCUT2D eigenvalue weighted by Crippen LogP contribution is -2.44. The number of likely N-dealkylation sites (tertiary alicyclic amines) is 1. The summed E-state index contributed by atoms with van der Waals surface area (Å²) in [5.41, 5.74) is 5.93. The second kappa shape index (κ2) is 7.67. The van der Waals surface area contributed by atoms with Crippen molar-refractivity contribution in [2.45, 2.75) is 45.1 Å². The van der Waals surface area contributed by atoms with Gasteiger partial charge in [0, 0.05) is 26.8 Å². The van der Waals surface area contributed by atoms with E-state index in [1.165, 1.54) is 6.42 Å². The molecule has 1 aliphatic rings. The van der Waals surface area contributed by atoms with Crippen molar-refractivity contribution in [1.82, 2.24) is 4.90 Å². The van der Waals surface area contributed by atoms with Crippen molar-refractivity contribution >= 4 is 5.91 Å². The summed E-state index contributed by atoms with van der Waals surface area (Å²) in [7, 11) is 1.67. The van der Waals surface area contributed by atoms with Crippen LogP contribution in [0.5, 0.6) is 0 Å². The topological polar surface area (TPSA) is 55.6 Å². The Morgan fingerprint density at radius 2 is 2.24 bits per heavy atom. The van der Waals surface area contributed by atoms with Gasteiger partial charge in [0.25, 0.3) is 0 Å². The van der Waals surface area contributed by atoms with E-state index in [4.69, 9.17) is 10.5 Å². The first-order valence-electron chi connectivity index (χ1n) is 6.68. The highest BCUT2D eigenvalue weighted by Crippen LogP contribution is 2.17. The largest absolute Gasteiger partial charge is 0.385 e. The van der Waals surface area contributed by atoms with E-state index >= 15 is 0 Å². The molecule has 0 saturated carbocycles. The Hall–Kier alpha value is -0.610. The Morgan fingerprint density at radius 3 is 2.94 bits per heavy atom. The number of methoxy groups -OCH3 is 1. The van der Waals surface area contributed by atoms with Crippen LogP contribution in [0.1, 0.15) is 39.0 Å². The summed E-state index contributed by atoms with van der Waals surface area (Å²) in [5.74, 6) is 0.854. The lowest BCUT2D eigenvalue weighted by atomic mass is 10.0. The molecule has 2 unspecified atom stereocenters. The third-order valence-electron chi connectivity index (χ3n) is 3.51. The maximum atomic E-state index is 12.1. The van der Waals surface area contributed by atoms with E-state index in [0.717, 1.165) is 44.7 Å². The van der Waals surface area contributed by atoms with Crippen LogP contribution in [-0.2, 0) is 9.53 Å². The Kier molecular flexibility index (Phi) is 6.52.